The van der Waals surface area contributed by atoms with Gasteiger partial charge in [0.05, 0.1) is 5.84 Å². The number of unbranched alkanes of at least 4 members (excludes halogenated alkanes) is 3. The molecule has 0 bridgehead atoms. The Labute approximate surface area is 89.4 Å². The Morgan fingerprint density at radius 3 is 2.21 bits per heavy atom. The van der Waals surface area contributed by atoms with Crippen molar-refractivity contribution in [1.29, 1.82) is 0 Å². The maximum Gasteiger partial charge on any atom is 0.0983 e. The molecule has 0 fully saturated rings. The Morgan fingerprint density at radius 1 is 1.00 bits per heavy atom. The van der Waals surface area contributed by atoms with Gasteiger partial charge in [-0.25, -0.2) is 0 Å². The lowest BCUT2D eigenvalue weighted by molar-refractivity contribution is 0.590. The molecule has 0 radical (unpaired) electrons. The first-order valence-corrected chi connectivity index (χ1v) is 5.93. The fourth-order valence-electron chi connectivity index (χ4n) is 1.41. The molecule has 0 saturated carbocycles. The third-order valence-electron chi connectivity index (χ3n) is 2.30. The largest absolute Gasteiger partial charge is 0.366 e. The molecule has 0 aromatic carbocycles. The Morgan fingerprint density at radius 2 is 1.71 bits per heavy atom. The topological polar surface area (TPSA) is 15.6 Å². The van der Waals surface area contributed by atoms with Crippen LogP contribution in [-0.2, 0) is 0 Å². The van der Waals surface area contributed by atoms with Crippen molar-refractivity contribution in [1.82, 2.24) is 4.90 Å². The van der Waals surface area contributed by atoms with Gasteiger partial charge >= 0.3 is 0 Å². The Balaban J connectivity index is 3.68. The Hall–Kier alpha value is -0.530. The number of amidine groups is 1. The highest BCUT2D eigenvalue weighted by Crippen LogP contribution is 2.01. The minimum absolute atomic E-state index is 1.01. The highest BCUT2D eigenvalue weighted by molar-refractivity contribution is 5.81. The molecule has 14 heavy (non-hydrogen) atoms. The summed E-state index contributed by atoms with van der Waals surface area (Å²) < 4.78 is 0. The standard InChI is InChI=1S/C12H26N2/c1-5-7-8-9-11-13-12(10-6-2)14(3)4/h5-11H2,1-4H3. The molecule has 0 heterocycles. The second-order valence-corrected chi connectivity index (χ2v) is 4.00. The SMILES string of the molecule is CCCCCCN=C(CCC)N(C)C. The van der Waals surface area contributed by atoms with Crippen molar-refractivity contribution in [2.24, 2.45) is 4.99 Å². The molecule has 0 aliphatic heterocycles. The molecule has 0 aliphatic carbocycles. The van der Waals surface area contributed by atoms with E-state index in [0.717, 1.165) is 13.0 Å². The zero-order valence-corrected chi connectivity index (χ0v) is 10.3. The minimum Gasteiger partial charge on any atom is -0.366 e. The van der Waals surface area contributed by atoms with E-state index in [-0.39, 0.29) is 0 Å². The quantitative estimate of drug-likeness (QED) is 0.348. The van der Waals surface area contributed by atoms with Crippen molar-refractivity contribution in [3.63, 3.8) is 0 Å². The monoisotopic (exact) mass is 198 g/mol. The third kappa shape index (κ3) is 6.93. The number of aliphatic imine (C=N–C) groups is 1. The van der Waals surface area contributed by atoms with Gasteiger partial charge in [-0.2, -0.15) is 0 Å². The molecule has 0 unspecified atom stereocenters. The van der Waals surface area contributed by atoms with Gasteiger partial charge in [0.2, 0.25) is 0 Å². The van der Waals surface area contributed by atoms with Crippen molar-refractivity contribution in [3.05, 3.63) is 0 Å². The van der Waals surface area contributed by atoms with Gasteiger partial charge in [-0.3, -0.25) is 4.99 Å². The zero-order valence-electron chi connectivity index (χ0n) is 10.3. The first kappa shape index (κ1) is 13.5. The van der Waals surface area contributed by atoms with Gasteiger partial charge in [0.1, 0.15) is 0 Å². The van der Waals surface area contributed by atoms with Gasteiger partial charge in [0.15, 0.2) is 0 Å². The van der Waals surface area contributed by atoms with Gasteiger partial charge in [-0.1, -0.05) is 33.1 Å². The Bertz CT molecular complexity index is 150. The van der Waals surface area contributed by atoms with E-state index in [2.05, 4.69) is 37.8 Å². The predicted octanol–water partition coefficient (Wildman–Crippen LogP) is 3.33. The molecule has 0 saturated heterocycles. The molecule has 0 N–H and O–H groups in total. The van der Waals surface area contributed by atoms with E-state index >= 15 is 0 Å². The van der Waals surface area contributed by atoms with E-state index in [4.69, 9.17) is 0 Å². The first-order valence-electron chi connectivity index (χ1n) is 5.93. The van der Waals surface area contributed by atoms with Gasteiger partial charge in [0.25, 0.3) is 0 Å². The molecule has 0 aromatic heterocycles. The number of hydrogen-bond donors (Lipinski definition) is 0. The molecule has 2 heteroatoms. The smallest absolute Gasteiger partial charge is 0.0983 e. The van der Waals surface area contributed by atoms with Gasteiger partial charge in [-0.15, -0.1) is 0 Å². The number of hydrogen-bond acceptors (Lipinski definition) is 1. The summed E-state index contributed by atoms with van der Waals surface area (Å²) in [6, 6.07) is 0. The van der Waals surface area contributed by atoms with Crippen LogP contribution in [0.4, 0.5) is 0 Å². The Kier molecular flexibility index (Phi) is 8.70. The van der Waals surface area contributed by atoms with Gasteiger partial charge < -0.3 is 4.90 Å². The van der Waals surface area contributed by atoms with Crippen molar-refractivity contribution < 1.29 is 0 Å². The fourth-order valence-corrected chi connectivity index (χ4v) is 1.41. The summed E-state index contributed by atoms with van der Waals surface area (Å²) in [7, 11) is 4.17. The van der Waals surface area contributed by atoms with Crippen LogP contribution < -0.4 is 0 Å². The second-order valence-electron chi connectivity index (χ2n) is 4.00. The van der Waals surface area contributed by atoms with Crippen LogP contribution in [0.15, 0.2) is 4.99 Å². The van der Waals surface area contributed by atoms with Crippen LogP contribution in [0.25, 0.3) is 0 Å². The van der Waals surface area contributed by atoms with E-state index in [1.54, 1.807) is 0 Å². The summed E-state index contributed by atoms with van der Waals surface area (Å²) in [5, 5.41) is 0. The van der Waals surface area contributed by atoms with Crippen LogP contribution >= 0.6 is 0 Å². The average molecular weight is 198 g/mol. The van der Waals surface area contributed by atoms with E-state index in [1.165, 1.54) is 37.9 Å². The summed E-state index contributed by atoms with van der Waals surface area (Å²) in [4.78, 5) is 6.77. The van der Waals surface area contributed by atoms with Crippen LogP contribution in [0, 0.1) is 0 Å². The van der Waals surface area contributed by atoms with E-state index in [0.29, 0.717) is 0 Å². The molecule has 0 spiro atoms. The molecular weight excluding hydrogens is 172 g/mol. The summed E-state index contributed by atoms with van der Waals surface area (Å²) in [6.45, 7) is 5.45. The van der Waals surface area contributed by atoms with Gasteiger partial charge in [0, 0.05) is 27.1 Å². The van der Waals surface area contributed by atoms with Crippen molar-refractivity contribution in [3.8, 4) is 0 Å². The molecule has 0 rings (SSSR count). The van der Waals surface area contributed by atoms with Crippen molar-refractivity contribution >= 4 is 5.84 Å². The fraction of sp³-hybridized carbons (Fsp3) is 0.917. The third-order valence-corrected chi connectivity index (χ3v) is 2.30. The highest BCUT2D eigenvalue weighted by Gasteiger charge is 1.98. The van der Waals surface area contributed by atoms with Crippen molar-refractivity contribution in [2.75, 3.05) is 20.6 Å². The predicted molar refractivity (Wildman–Crippen MR) is 65.0 cm³/mol. The number of rotatable bonds is 7. The second kappa shape index (κ2) is 9.04. The minimum atomic E-state index is 1.01. The summed E-state index contributed by atoms with van der Waals surface area (Å²) in [6.07, 6.45) is 7.52. The molecular formula is C12H26N2. The summed E-state index contributed by atoms with van der Waals surface area (Å²) >= 11 is 0. The molecule has 0 atom stereocenters. The first-order chi connectivity index (χ1) is 6.72. The highest BCUT2D eigenvalue weighted by atomic mass is 15.1. The van der Waals surface area contributed by atoms with Crippen LogP contribution in [0.1, 0.15) is 52.4 Å². The normalized spacial score (nSPS) is 11.9. The summed E-state index contributed by atoms with van der Waals surface area (Å²) in [5.74, 6) is 1.25. The molecule has 2 nitrogen and oxygen atoms in total. The summed E-state index contributed by atoms with van der Waals surface area (Å²) in [5.41, 5.74) is 0. The van der Waals surface area contributed by atoms with Crippen LogP contribution in [0.3, 0.4) is 0 Å². The van der Waals surface area contributed by atoms with Crippen LogP contribution in [0.2, 0.25) is 0 Å². The lowest BCUT2D eigenvalue weighted by Gasteiger charge is -2.15. The molecule has 0 aromatic rings. The molecule has 84 valence electrons. The molecule has 0 aliphatic rings. The van der Waals surface area contributed by atoms with Gasteiger partial charge in [-0.05, 0) is 12.8 Å². The van der Waals surface area contributed by atoms with Crippen LogP contribution in [-0.4, -0.2) is 31.4 Å². The lowest BCUT2D eigenvalue weighted by atomic mass is 10.2. The van der Waals surface area contributed by atoms with E-state index in [1.807, 2.05) is 0 Å². The van der Waals surface area contributed by atoms with E-state index in [9.17, 15) is 0 Å². The lowest BCUT2D eigenvalue weighted by Crippen LogP contribution is -2.22. The average Bonchev–Trinajstić information content (AvgIpc) is 2.15. The van der Waals surface area contributed by atoms with Crippen molar-refractivity contribution in [2.45, 2.75) is 52.4 Å². The number of nitrogens with zero attached hydrogens (tertiary/aromatic N) is 2. The van der Waals surface area contributed by atoms with E-state index < -0.39 is 0 Å². The van der Waals surface area contributed by atoms with Crippen LogP contribution in [0.5, 0.6) is 0 Å². The zero-order chi connectivity index (χ0) is 10.8. The molecule has 0 amide bonds. The maximum atomic E-state index is 4.63. The maximum absolute atomic E-state index is 4.63.